The number of rotatable bonds is 4. The number of likely N-dealkylation sites (tertiary alicyclic amines) is 1. The van der Waals surface area contributed by atoms with Crippen molar-refractivity contribution in [1.29, 1.82) is 0 Å². The van der Waals surface area contributed by atoms with E-state index in [1.807, 2.05) is 0 Å². The number of carbonyl (C=O) groups excluding carboxylic acids is 3. The number of benzene rings is 1. The molecule has 140 valence electrons. The molecule has 0 radical (unpaired) electrons. The van der Waals surface area contributed by atoms with Crippen LogP contribution in [0.25, 0.3) is 0 Å². The molecular formula is C20H26N2O4. The molecule has 0 N–H and O–H groups in total. The van der Waals surface area contributed by atoms with Crippen molar-refractivity contribution in [1.82, 2.24) is 4.90 Å². The zero-order valence-corrected chi connectivity index (χ0v) is 15.4. The fourth-order valence-electron chi connectivity index (χ4n) is 3.95. The number of anilines is 1. The van der Waals surface area contributed by atoms with Crippen LogP contribution in [0.5, 0.6) is 0 Å². The Kier molecular flexibility index (Phi) is 5.59. The van der Waals surface area contributed by atoms with Crippen LogP contribution in [0.2, 0.25) is 0 Å². The van der Waals surface area contributed by atoms with E-state index in [-0.39, 0.29) is 18.4 Å². The molecule has 0 bridgehead atoms. The molecule has 0 saturated carbocycles. The molecule has 0 aliphatic carbocycles. The zero-order valence-electron chi connectivity index (χ0n) is 15.4. The quantitative estimate of drug-likeness (QED) is 0.776. The van der Waals surface area contributed by atoms with Crippen molar-refractivity contribution in [3.8, 4) is 0 Å². The van der Waals surface area contributed by atoms with Gasteiger partial charge < -0.3 is 14.5 Å². The summed E-state index contributed by atoms with van der Waals surface area (Å²) < 4.78 is 5.28. The molecule has 2 aliphatic rings. The summed E-state index contributed by atoms with van der Waals surface area (Å²) in [7, 11) is 0. The van der Waals surface area contributed by atoms with E-state index in [1.165, 1.54) is 0 Å². The van der Waals surface area contributed by atoms with E-state index in [4.69, 9.17) is 4.74 Å². The Morgan fingerprint density at radius 2 is 1.85 bits per heavy atom. The highest BCUT2D eigenvalue weighted by atomic mass is 16.5. The maximum atomic E-state index is 12.5. The zero-order chi connectivity index (χ0) is 18.7. The van der Waals surface area contributed by atoms with Crippen LogP contribution in [0.1, 0.15) is 43.5 Å². The third-order valence-corrected chi connectivity index (χ3v) is 5.04. The van der Waals surface area contributed by atoms with Gasteiger partial charge >= 0.3 is 5.97 Å². The molecule has 2 amide bonds. The van der Waals surface area contributed by atoms with Gasteiger partial charge in [-0.2, -0.15) is 0 Å². The van der Waals surface area contributed by atoms with Crippen LogP contribution in [0, 0.1) is 11.8 Å². The van der Waals surface area contributed by atoms with E-state index in [9.17, 15) is 14.4 Å². The van der Waals surface area contributed by atoms with E-state index >= 15 is 0 Å². The Labute approximate surface area is 154 Å². The lowest BCUT2D eigenvalue weighted by Gasteiger charge is -2.34. The number of carbonyl (C=O) groups is 3. The first kappa shape index (κ1) is 18.4. The number of esters is 1. The van der Waals surface area contributed by atoms with E-state index in [2.05, 4.69) is 13.8 Å². The van der Waals surface area contributed by atoms with Crippen LogP contribution in [0.4, 0.5) is 5.69 Å². The molecule has 6 nitrogen and oxygen atoms in total. The Morgan fingerprint density at radius 1 is 1.15 bits per heavy atom. The number of para-hydroxylation sites is 1. The van der Waals surface area contributed by atoms with Crippen LogP contribution in [0.3, 0.4) is 0 Å². The summed E-state index contributed by atoms with van der Waals surface area (Å²) in [5.41, 5.74) is 0.892. The standard InChI is InChI=1S/C20H26N2O4/c1-14-10-15(2)12-21(11-14)19(24)13-26-20(25)16-6-3-4-7-17(16)22-9-5-8-18(22)23/h3-4,6-7,14-15H,5,8-13H2,1-2H3/t14-,15+. The fourth-order valence-corrected chi connectivity index (χ4v) is 3.95. The summed E-state index contributed by atoms with van der Waals surface area (Å²) in [5, 5.41) is 0. The van der Waals surface area contributed by atoms with Gasteiger partial charge in [0, 0.05) is 26.1 Å². The first-order valence-corrected chi connectivity index (χ1v) is 9.30. The summed E-state index contributed by atoms with van der Waals surface area (Å²) in [6.07, 6.45) is 2.39. The lowest BCUT2D eigenvalue weighted by atomic mass is 9.92. The molecule has 0 spiro atoms. The highest BCUT2D eigenvalue weighted by Crippen LogP contribution is 2.26. The van der Waals surface area contributed by atoms with Crippen molar-refractivity contribution in [2.24, 2.45) is 11.8 Å². The summed E-state index contributed by atoms with van der Waals surface area (Å²) in [4.78, 5) is 40.3. The minimum absolute atomic E-state index is 0.0117. The smallest absolute Gasteiger partial charge is 0.340 e. The summed E-state index contributed by atoms with van der Waals surface area (Å²) in [5.74, 6) is 0.205. The highest BCUT2D eigenvalue weighted by molar-refractivity contribution is 6.03. The number of amides is 2. The Morgan fingerprint density at radius 3 is 2.50 bits per heavy atom. The molecule has 0 unspecified atom stereocenters. The largest absolute Gasteiger partial charge is 0.452 e. The second-order valence-electron chi connectivity index (χ2n) is 7.49. The lowest BCUT2D eigenvalue weighted by Crippen LogP contribution is -2.44. The first-order valence-electron chi connectivity index (χ1n) is 9.30. The van der Waals surface area contributed by atoms with Gasteiger partial charge in [0.15, 0.2) is 6.61 Å². The monoisotopic (exact) mass is 358 g/mol. The Balaban J connectivity index is 1.64. The van der Waals surface area contributed by atoms with Crippen LogP contribution < -0.4 is 4.90 Å². The van der Waals surface area contributed by atoms with E-state index in [0.29, 0.717) is 49.1 Å². The van der Waals surface area contributed by atoms with Crippen LogP contribution >= 0.6 is 0 Å². The lowest BCUT2D eigenvalue weighted by molar-refractivity contribution is -0.137. The molecule has 26 heavy (non-hydrogen) atoms. The van der Waals surface area contributed by atoms with Crippen molar-refractivity contribution >= 4 is 23.5 Å². The third kappa shape index (κ3) is 4.06. The maximum absolute atomic E-state index is 12.5. The van der Waals surface area contributed by atoms with Crippen molar-refractivity contribution in [2.45, 2.75) is 33.1 Å². The van der Waals surface area contributed by atoms with Crippen molar-refractivity contribution in [3.05, 3.63) is 29.8 Å². The molecule has 0 aromatic heterocycles. The van der Waals surface area contributed by atoms with Gasteiger partial charge in [0.05, 0.1) is 11.3 Å². The summed E-state index contributed by atoms with van der Waals surface area (Å²) >= 11 is 0. The van der Waals surface area contributed by atoms with Gasteiger partial charge in [-0.25, -0.2) is 4.79 Å². The van der Waals surface area contributed by atoms with Gasteiger partial charge in [-0.15, -0.1) is 0 Å². The Bertz CT molecular complexity index is 693. The molecule has 1 aromatic carbocycles. The number of ether oxygens (including phenoxy) is 1. The molecule has 1 aromatic rings. The Hall–Kier alpha value is -2.37. The number of piperidine rings is 1. The molecule has 2 atom stereocenters. The normalized spacial score (nSPS) is 23.2. The van der Waals surface area contributed by atoms with Gasteiger partial charge in [-0.1, -0.05) is 26.0 Å². The average Bonchev–Trinajstić information content (AvgIpc) is 3.04. The number of hydrogen-bond acceptors (Lipinski definition) is 4. The minimum atomic E-state index is -0.563. The highest BCUT2D eigenvalue weighted by Gasteiger charge is 2.28. The van der Waals surface area contributed by atoms with Crippen molar-refractivity contribution in [3.63, 3.8) is 0 Å². The van der Waals surface area contributed by atoms with Crippen molar-refractivity contribution in [2.75, 3.05) is 31.1 Å². The average molecular weight is 358 g/mol. The summed E-state index contributed by atoms with van der Waals surface area (Å²) in [6, 6.07) is 6.91. The molecule has 2 saturated heterocycles. The maximum Gasteiger partial charge on any atom is 0.340 e. The predicted molar refractivity (Wildman–Crippen MR) is 97.8 cm³/mol. The van der Waals surface area contributed by atoms with Gasteiger partial charge in [-0.05, 0) is 36.8 Å². The minimum Gasteiger partial charge on any atom is -0.452 e. The van der Waals surface area contributed by atoms with Crippen molar-refractivity contribution < 1.29 is 19.1 Å². The second kappa shape index (κ2) is 7.89. The third-order valence-electron chi connectivity index (χ3n) is 5.04. The van der Waals surface area contributed by atoms with Crippen LogP contribution in [-0.2, 0) is 14.3 Å². The molecule has 2 heterocycles. The predicted octanol–water partition coefficient (Wildman–Crippen LogP) is 2.47. The van der Waals surface area contributed by atoms with E-state index in [0.717, 1.165) is 12.8 Å². The summed E-state index contributed by atoms with van der Waals surface area (Å²) in [6.45, 7) is 6.02. The first-order chi connectivity index (χ1) is 12.5. The fraction of sp³-hybridized carbons (Fsp3) is 0.550. The van der Waals surface area contributed by atoms with Gasteiger partial charge in [-0.3, -0.25) is 9.59 Å². The van der Waals surface area contributed by atoms with Gasteiger partial charge in [0.25, 0.3) is 5.91 Å². The van der Waals surface area contributed by atoms with E-state index in [1.54, 1.807) is 34.1 Å². The molecular weight excluding hydrogens is 332 g/mol. The van der Waals surface area contributed by atoms with Gasteiger partial charge in [0.1, 0.15) is 0 Å². The number of hydrogen-bond donors (Lipinski definition) is 0. The topological polar surface area (TPSA) is 66.9 Å². The number of nitrogens with zero attached hydrogens (tertiary/aromatic N) is 2. The van der Waals surface area contributed by atoms with E-state index < -0.39 is 5.97 Å². The second-order valence-corrected chi connectivity index (χ2v) is 7.49. The molecule has 3 rings (SSSR count). The SMILES string of the molecule is C[C@@H]1C[C@H](C)CN(C(=O)COC(=O)c2ccccc2N2CCCC2=O)C1. The van der Waals surface area contributed by atoms with Crippen LogP contribution in [0.15, 0.2) is 24.3 Å². The van der Waals surface area contributed by atoms with Gasteiger partial charge in [0.2, 0.25) is 5.91 Å². The molecule has 2 aliphatic heterocycles. The molecule has 2 fully saturated rings. The van der Waals surface area contributed by atoms with Crippen LogP contribution in [-0.4, -0.2) is 48.9 Å². The molecule has 6 heteroatoms.